The number of amides is 2. The second-order valence-electron chi connectivity index (χ2n) is 6.64. The lowest BCUT2D eigenvalue weighted by atomic mass is 10.1. The summed E-state index contributed by atoms with van der Waals surface area (Å²) >= 11 is 5.99. The molecule has 5 heteroatoms. The quantitative estimate of drug-likeness (QED) is 0.893. The van der Waals surface area contributed by atoms with Gasteiger partial charge < -0.3 is 10.2 Å². The van der Waals surface area contributed by atoms with Crippen molar-refractivity contribution in [3.8, 4) is 0 Å². The van der Waals surface area contributed by atoms with Crippen molar-refractivity contribution in [2.24, 2.45) is 5.92 Å². The standard InChI is InChI=1S/C20H21ClN2O2/c1-12-4-5-13(2)17(8-12)22-20(25)15-10-19(24)23(11-15)18-7-6-16(21)9-14(18)3/h4-9,15H,10-11H2,1-3H3,(H,22,25). The van der Waals surface area contributed by atoms with Crippen LogP contribution in [0.1, 0.15) is 23.1 Å². The van der Waals surface area contributed by atoms with Crippen molar-refractivity contribution in [1.29, 1.82) is 0 Å². The van der Waals surface area contributed by atoms with E-state index in [1.165, 1.54) is 0 Å². The number of carbonyl (C=O) groups excluding carboxylic acids is 2. The van der Waals surface area contributed by atoms with Gasteiger partial charge in [-0.2, -0.15) is 0 Å². The van der Waals surface area contributed by atoms with E-state index >= 15 is 0 Å². The summed E-state index contributed by atoms with van der Waals surface area (Å²) in [5.41, 5.74) is 4.64. The van der Waals surface area contributed by atoms with Gasteiger partial charge in [-0.25, -0.2) is 0 Å². The van der Waals surface area contributed by atoms with Gasteiger partial charge in [-0.1, -0.05) is 23.7 Å². The van der Waals surface area contributed by atoms with E-state index in [9.17, 15) is 9.59 Å². The number of hydrogen-bond acceptors (Lipinski definition) is 2. The van der Waals surface area contributed by atoms with Crippen LogP contribution in [-0.4, -0.2) is 18.4 Å². The van der Waals surface area contributed by atoms with Crippen molar-refractivity contribution in [1.82, 2.24) is 0 Å². The highest BCUT2D eigenvalue weighted by Gasteiger charge is 2.35. The Kier molecular flexibility index (Phi) is 4.82. The van der Waals surface area contributed by atoms with Gasteiger partial charge in [0, 0.05) is 29.4 Å². The Labute approximate surface area is 152 Å². The average Bonchev–Trinajstić information content (AvgIpc) is 2.93. The maximum Gasteiger partial charge on any atom is 0.229 e. The molecule has 1 atom stereocenters. The van der Waals surface area contributed by atoms with Crippen LogP contribution in [0.3, 0.4) is 0 Å². The number of anilines is 2. The van der Waals surface area contributed by atoms with Gasteiger partial charge in [-0.05, 0) is 61.7 Å². The van der Waals surface area contributed by atoms with E-state index < -0.39 is 0 Å². The topological polar surface area (TPSA) is 49.4 Å². The molecule has 0 aromatic heterocycles. The van der Waals surface area contributed by atoms with Crippen LogP contribution < -0.4 is 10.2 Å². The molecule has 25 heavy (non-hydrogen) atoms. The van der Waals surface area contributed by atoms with E-state index in [-0.39, 0.29) is 24.2 Å². The summed E-state index contributed by atoms with van der Waals surface area (Å²) < 4.78 is 0. The van der Waals surface area contributed by atoms with Crippen molar-refractivity contribution in [2.45, 2.75) is 27.2 Å². The summed E-state index contributed by atoms with van der Waals surface area (Å²) in [7, 11) is 0. The number of rotatable bonds is 3. The highest BCUT2D eigenvalue weighted by atomic mass is 35.5. The van der Waals surface area contributed by atoms with Gasteiger partial charge in [0.15, 0.2) is 0 Å². The smallest absolute Gasteiger partial charge is 0.229 e. The second-order valence-corrected chi connectivity index (χ2v) is 7.08. The van der Waals surface area contributed by atoms with Crippen LogP contribution in [-0.2, 0) is 9.59 Å². The summed E-state index contributed by atoms with van der Waals surface area (Å²) in [5.74, 6) is -0.509. The van der Waals surface area contributed by atoms with E-state index in [4.69, 9.17) is 11.6 Å². The summed E-state index contributed by atoms with van der Waals surface area (Å²) in [6.07, 6.45) is 0.221. The minimum atomic E-state index is -0.359. The molecule has 130 valence electrons. The highest BCUT2D eigenvalue weighted by molar-refractivity contribution is 6.30. The summed E-state index contributed by atoms with van der Waals surface area (Å²) in [4.78, 5) is 26.7. The molecule has 1 N–H and O–H groups in total. The van der Waals surface area contributed by atoms with Gasteiger partial charge in [0.05, 0.1) is 5.92 Å². The van der Waals surface area contributed by atoms with Gasteiger partial charge >= 0.3 is 0 Å². The van der Waals surface area contributed by atoms with Crippen LogP contribution in [0.2, 0.25) is 5.02 Å². The third kappa shape index (κ3) is 3.69. The lowest BCUT2D eigenvalue weighted by Gasteiger charge is -2.19. The fourth-order valence-corrected chi connectivity index (χ4v) is 3.37. The van der Waals surface area contributed by atoms with E-state index in [0.717, 1.165) is 28.1 Å². The summed E-state index contributed by atoms with van der Waals surface area (Å²) in [6, 6.07) is 11.4. The SMILES string of the molecule is Cc1ccc(C)c(NC(=O)C2CC(=O)N(c3ccc(Cl)cc3C)C2)c1. The first-order valence-corrected chi connectivity index (χ1v) is 8.67. The van der Waals surface area contributed by atoms with Gasteiger partial charge in [-0.15, -0.1) is 0 Å². The zero-order valence-corrected chi connectivity index (χ0v) is 15.4. The molecule has 1 aliphatic rings. The number of carbonyl (C=O) groups is 2. The fraction of sp³-hybridized carbons (Fsp3) is 0.300. The summed E-state index contributed by atoms with van der Waals surface area (Å²) in [5, 5.41) is 3.61. The lowest BCUT2D eigenvalue weighted by Crippen LogP contribution is -2.28. The molecule has 2 amide bonds. The normalized spacial score (nSPS) is 17.0. The maximum atomic E-state index is 12.6. The molecule has 0 spiro atoms. The third-order valence-corrected chi connectivity index (χ3v) is 4.83. The van der Waals surface area contributed by atoms with Crippen molar-refractivity contribution in [3.63, 3.8) is 0 Å². The maximum absolute atomic E-state index is 12.6. The second kappa shape index (κ2) is 6.89. The molecular weight excluding hydrogens is 336 g/mol. The molecule has 1 saturated heterocycles. The van der Waals surface area contributed by atoms with Gasteiger partial charge in [0.1, 0.15) is 0 Å². The van der Waals surface area contributed by atoms with Crippen molar-refractivity contribution in [3.05, 3.63) is 58.1 Å². The highest BCUT2D eigenvalue weighted by Crippen LogP contribution is 2.30. The van der Waals surface area contributed by atoms with E-state index in [0.29, 0.717) is 11.6 Å². The first kappa shape index (κ1) is 17.5. The molecule has 1 heterocycles. The molecule has 1 aliphatic heterocycles. The van der Waals surface area contributed by atoms with Gasteiger partial charge in [0.25, 0.3) is 0 Å². The molecule has 4 nitrogen and oxygen atoms in total. The monoisotopic (exact) mass is 356 g/mol. The van der Waals surface area contributed by atoms with E-state index in [1.54, 1.807) is 11.0 Å². The minimum Gasteiger partial charge on any atom is -0.326 e. The molecule has 0 aliphatic carbocycles. The Bertz CT molecular complexity index is 848. The molecule has 2 aromatic carbocycles. The van der Waals surface area contributed by atoms with Crippen LogP contribution in [0.4, 0.5) is 11.4 Å². The Balaban J connectivity index is 1.75. The molecule has 0 radical (unpaired) electrons. The lowest BCUT2D eigenvalue weighted by molar-refractivity contribution is -0.122. The van der Waals surface area contributed by atoms with Crippen LogP contribution in [0.15, 0.2) is 36.4 Å². The van der Waals surface area contributed by atoms with Crippen LogP contribution in [0, 0.1) is 26.7 Å². The third-order valence-electron chi connectivity index (χ3n) is 4.60. The van der Waals surface area contributed by atoms with Gasteiger partial charge in [0.2, 0.25) is 11.8 Å². The molecule has 1 unspecified atom stereocenters. The molecule has 3 rings (SSSR count). The predicted molar refractivity (Wildman–Crippen MR) is 101 cm³/mol. The number of hydrogen-bond donors (Lipinski definition) is 1. The van der Waals surface area contributed by atoms with Crippen LogP contribution >= 0.6 is 11.6 Å². The Morgan fingerprint density at radius 2 is 1.88 bits per heavy atom. The largest absolute Gasteiger partial charge is 0.326 e. The first-order chi connectivity index (χ1) is 11.8. The predicted octanol–water partition coefficient (Wildman–Crippen LogP) is 4.26. The average molecular weight is 357 g/mol. The molecule has 1 fully saturated rings. The Morgan fingerprint density at radius 1 is 1.12 bits per heavy atom. The molecule has 2 aromatic rings. The first-order valence-electron chi connectivity index (χ1n) is 8.30. The Hall–Kier alpha value is -2.33. The number of benzene rings is 2. The van der Waals surface area contributed by atoms with Crippen LogP contribution in [0.5, 0.6) is 0 Å². The molecule has 0 saturated carbocycles. The van der Waals surface area contributed by atoms with E-state index in [1.807, 2.05) is 51.1 Å². The number of nitrogens with one attached hydrogen (secondary N) is 1. The van der Waals surface area contributed by atoms with Crippen molar-refractivity contribution >= 4 is 34.8 Å². The molecular formula is C20H21ClN2O2. The van der Waals surface area contributed by atoms with E-state index in [2.05, 4.69) is 5.32 Å². The molecule has 0 bridgehead atoms. The zero-order chi connectivity index (χ0) is 18.1. The fourth-order valence-electron chi connectivity index (χ4n) is 3.14. The number of nitrogens with zero attached hydrogens (tertiary/aromatic N) is 1. The van der Waals surface area contributed by atoms with Crippen molar-refractivity contribution in [2.75, 3.05) is 16.8 Å². The zero-order valence-electron chi connectivity index (χ0n) is 14.6. The number of halogens is 1. The van der Waals surface area contributed by atoms with Crippen LogP contribution in [0.25, 0.3) is 0 Å². The number of aryl methyl sites for hydroxylation is 3. The Morgan fingerprint density at radius 3 is 2.60 bits per heavy atom. The van der Waals surface area contributed by atoms with Crippen molar-refractivity contribution < 1.29 is 9.59 Å². The summed E-state index contributed by atoms with van der Waals surface area (Å²) in [6.45, 7) is 6.24. The van der Waals surface area contributed by atoms with Gasteiger partial charge in [-0.3, -0.25) is 9.59 Å². The minimum absolute atomic E-state index is 0.0356.